The van der Waals surface area contributed by atoms with Crippen molar-refractivity contribution in [3.63, 3.8) is 0 Å². The Kier molecular flexibility index (Phi) is 7.10. The summed E-state index contributed by atoms with van der Waals surface area (Å²) < 4.78 is 51.6. The average molecular weight is 632 g/mol. The van der Waals surface area contributed by atoms with E-state index in [1.54, 1.807) is 6.07 Å². The van der Waals surface area contributed by atoms with E-state index in [1.165, 1.54) is 24.4 Å². The minimum atomic E-state index is -0.728. The van der Waals surface area contributed by atoms with Gasteiger partial charge in [0.15, 0.2) is 5.82 Å². The van der Waals surface area contributed by atoms with E-state index in [0.29, 0.717) is 72.8 Å². The van der Waals surface area contributed by atoms with Gasteiger partial charge in [0.05, 0.1) is 23.4 Å². The minimum absolute atomic E-state index is 0.00552. The summed E-state index contributed by atoms with van der Waals surface area (Å²) in [5.74, 6) is -0.375. The van der Waals surface area contributed by atoms with Crippen LogP contribution in [0.5, 0.6) is 11.8 Å². The second kappa shape index (κ2) is 11.1. The molecule has 1 unspecified atom stereocenters. The van der Waals surface area contributed by atoms with Crippen LogP contribution < -0.4 is 9.64 Å². The molecule has 8 nitrogen and oxygen atoms in total. The average Bonchev–Trinajstić information content (AvgIpc) is 3.68. The number of hydrogen-bond donors (Lipinski definition) is 2. The number of aromatic hydroxyl groups is 1. The van der Waals surface area contributed by atoms with Crippen molar-refractivity contribution in [1.82, 2.24) is 19.9 Å². The Morgan fingerprint density at radius 2 is 2.02 bits per heavy atom. The van der Waals surface area contributed by atoms with Crippen molar-refractivity contribution in [2.75, 3.05) is 37.7 Å². The first kappa shape index (κ1) is 29.4. The maximum Gasteiger partial charge on any atom is 0.319 e. The van der Waals surface area contributed by atoms with Gasteiger partial charge in [-0.25, -0.2) is 13.2 Å². The van der Waals surface area contributed by atoms with Crippen LogP contribution in [0.3, 0.4) is 0 Å². The van der Waals surface area contributed by atoms with E-state index >= 15 is 4.39 Å². The summed E-state index contributed by atoms with van der Waals surface area (Å²) in [6.07, 6.45) is 6.23. The number of pyridine rings is 1. The molecule has 2 N–H and O–H groups in total. The topological polar surface area (TPSA) is 94.8 Å². The molecule has 2 aromatic heterocycles. The molecule has 2 bridgehead atoms. The Morgan fingerprint density at radius 1 is 1.15 bits per heavy atom. The fourth-order valence-electron chi connectivity index (χ4n) is 8.60. The summed E-state index contributed by atoms with van der Waals surface area (Å²) in [6.45, 7) is 4.68. The molecule has 5 heterocycles. The van der Waals surface area contributed by atoms with E-state index in [9.17, 15) is 19.0 Å². The molecule has 0 radical (unpaired) electrons. The number of aromatic nitrogens is 3. The Hall–Kier alpha value is -3.96. The number of hydrogen-bond acceptors (Lipinski definition) is 8. The lowest BCUT2D eigenvalue weighted by Gasteiger charge is -2.34. The number of fused-ring (bicyclic) bond motifs is 5. The Bertz CT molecular complexity index is 1900. The third-order valence-corrected chi connectivity index (χ3v) is 10.7. The van der Waals surface area contributed by atoms with Gasteiger partial charge >= 0.3 is 6.01 Å². The van der Waals surface area contributed by atoms with Gasteiger partial charge in [0.1, 0.15) is 35.2 Å². The van der Waals surface area contributed by atoms with Gasteiger partial charge in [-0.05, 0) is 91.1 Å². The maximum absolute atomic E-state index is 16.9. The number of rotatable bonds is 6. The summed E-state index contributed by atoms with van der Waals surface area (Å²) >= 11 is 0. The van der Waals surface area contributed by atoms with Crippen LogP contribution >= 0.6 is 0 Å². The number of anilines is 1. The van der Waals surface area contributed by atoms with Gasteiger partial charge in [-0.3, -0.25) is 9.88 Å². The normalized spacial score (nSPS) is 26.9. The predicted molar refractivity (Wildman–Crippen MR) is 169 cm³/mol. The molecule has 4 atom stereocenters. The number of halogens is 3. The molecule has 4 fully saturated rings. The third kappa shape index (κ3) is 4.69. The third-order valence-electron chi connectivity index (χ3n) is 10.7. The van der Waals surface area contributed by atoms with Gasteiger partial charge in [-0.1, -0.05) is 13.0 Å². The van der Waals surface area contributed by atoms with Crippen LogP contribution in [0.1, 0.15) is 44.6 Å². The van der Waals surface area contributed by atoms with E-state index in [2.05, 4.69) is 19.8 Å². The molecular formula is C35H36F3N5O3. The molecule has 4 aliphatic rings. The van der Waals surface area contributed by atoms with Crippen LogP contribution in [0.2, 0.25) is 0 Å². The van der Waals surface area contributed by atoms with Crippen LogP contribution in [-0.4, -0.2) is 74.5 Å². The van der Waals surface area contributed by atoms with Gasteiger partial charge in [-0.2, -0.15) is 9.97 Å². The second-order valence-electron chi connectivity index (χ2n) is 13.5. The maximum atomic E-state index is 16.9. The number of piperidine rings is 1. The first-order chi connectivity index (χ1) is 22.3. The van der Waals surface area contributed by atoms with Gasteiger partial charge in [-0.15, -0.1) is 0 Å². The zero-order valence-electron chi connectivity index (χ0n) is 25.6. The van der Waals surface area contributed by atoms with Crippen molar-refractivity contribution in [1.29, 1.82) is 0 Å². The number of aryl methyl sites for hydroxylation is 1. The van der Waals surface area contributed by atoms with Crippen LogP contribution in [-0.2, 0) is 6.42 Å². The first-order valence-electron chi connectivity index (χ1n) is 16.2. The minimum Gasteiger partial charge on any atom is -0.508 e. The van der Waals surface area contributed by atoms with Crippen molar-refractivity contribution in [2.24, 2.45) is 11.8 Å². The zero-order chi connectivity index (χ0) is 31.7. The lowest BCUT2D eigenvalue weighted by atomic mass is 9.94. The Labute approximate surface area is 264 Å². The number of nitrogens with zero attached hydrogens (tertiary/aromatic N) is 5. The lowest BCUT2D eigenvalue weighted by Crippen LogP contribution is -2.43. The number of aliphatic hydroxyl groups excluding tert-OH is 1. The zero-order valence-corrected chi connectivity index (χ0v) is 25.6. The summed E-state index contributed by atoms with van der Waals surface area (Å²) in [6, 6.07) is 5.86. The first-order valence-corrected chi connectivity index (χ1v) is 16.2. The molecule has 2 aromatic carbocycles. The van der Waals surface area contributed by atoms with Crippen molar-refractivity contribution in [3.8, 4) is 23.0 Å². The van der Waals surface area contributed by atoms with Crippen LogP contribution in [0.25, 0.3) is 32.9 Å². The summed E-state index contributed by atoms with van der Waals surface area (Å²) in [4.78, 5) is 18.3. The lowest BCUT2D eigenvalue weighted by molar-refractivity contribution is 0.108. The number of ether oxygens (including phenoxy) is 1. The number of phenols is 1. The SMILES string of the molecule is CCc1c(F)ccc2cc(O)cc(-c3ncc4c(N5C[C@@H]6C[C@H](C5)[C@H](O)C6)nc(OCC56CCCN5C/C(=C\F)C6)nc4c3F)c12. The smallest absolute Gasteiger partial charge is 0.319 e. The van der Waals surface area contributed by atoms with Gasteiger partial charge in [0, 0.05) is 37.3 Å². The highest BCUT2D eigenvalue weighted by molar-refractivity contribution is 6.01. The largest absolute Gasteiger partial charge is 0.508 e. The molecule has 0 amide bonds. The van der Waals surface area contributed by atoms with Crippen molar-refractivity contribution in [2.45, 2.75) is 57.1 Å². The van der Waals surface area contributed by atoms with Gasteiger partial charge in [0.25, 0.3) is 0 Å². The van der Waals surface area contributed by atoms with E-state index < -0.39 is 11.6 Å². The highest BCUT2D eigenvalue weighted by Crippen LogP contribution is 2.44. The molecule has 4 aromatic rings. The fourth-order valence-corrected chi connectivity index (χ4v) is 8.60. The molecule has 1 saturated carbocycles. The highest BCUT2D eigenvalue weighted by atomic mass is 19.1. The molecule has 46 heavy (non-hydrogen) atoms. The van der Waals surface area contributed by atoms with Crippen LogP contribution in [0.4, 0.5) is 19.0 Å². The van der Waals surface area contributed by atoms with Crippen LogP contribution in [0.15, 0.2) is 42.4 Å². The number of aliphatic hydroxyl groups is 1. The second-order valence-corrected chi connectivity index (χ2v) is 13.5. The molecule has 240 valence electrons. The Morgan fingerprint density at radius 3 is 2.83 bits per heavy atom. The van der Waals surface area contributed by atoms with Gasteiger partial charge in [0.2, 0.25) is 0 Å². The summed E-state index contributed by atoms with van der Waals surface area (Å²) in [7, 11) is 0. The molecule has 3 saturated heterocycles. The van der Waals surface area contributed by atoms with E-state index in [-0.39, 0.29) is 58.6 Å². The van der Waals surface area contributed by atoms with Crippen molar-refractivity contribution in [3.05, 3.63) is 59.6 Å². The molecule has 8 rings (SSSR count). The van der Waals surface area contributed by atoms with Crippen molar-refractivity contribution < 1.29 is 28.1 Å². The Balaban J connectivity index is 1.27. The standard InChI is InChI=1S/C35H36F3N5O3/c1-2-24-27(37)5-4-21-10-23(44)11-25(29(21)24)31-30(38)32-26(14-39-31)33(42-15-19-8-22(17-42)28(45)9-19)41-34(40-32)46-18-35-6-3-7-43(35)16-20(12-35)13-36/h4-5,10-11,13-14,19,22,28,44-45H,2-3,6-9,12,15-18H2,1H3/b20-13-/t19-,22-,28-,35?/m1/s1. The van der Waals surface area contributed by atoms with Crippen LogP contribution in [0, 0.1) is 23.5 Å². The quantitative estimate of drug-likeness (QED) is 0.265. The number of phenolic OH excluding ortho intramolecular Hbond substituents is 1. The molecule has 1 aliphatic carbocycles. The fraction of sp³-hybridized carbons (Fsp3) is 0.457. The van der Waals surface area contributed by atoms with Crippen molar-refractivity contribution >= 4 is 27.5 Å². The monoisotopic (exact) mass is 631 g/mol. The highest BCUT2D eigenvalue weighted by Gasteiger charge is 2.47. The number of benzene rings is 2. The van der Waals surface area contributed by atoms with Gasteiger partial charge < -0.3 is 19.8 Å². The summed E-state index contributed by atoms with van der Waals surface area (Å²) in [5.41, 5.74) is 0.979. The molecular weight excluding hydrogens is 595 g/mol. The van der Waals surface area contributed by atoms with E-state index in [4.69, 9.17) is 9.72 Å². The molecule has 11 heteroatoms. The van der Waals surface area contributed by atoms with E-state index in [1.807, 2.05) is 6.92 Å². The molecule has 3 aliphatic heterocycles. The van der Waals surface area contributed by atoms with E-state index in [0.717, 1.165) is 31.4 Å². The summed E-state index contributed by atoms with van der Waals surface area (Å²) in [5, 5.41) is 22.6. The predicted octanol–water partition coefficient (Wildman–Crippen LogP) is 6.07. The molecule has 0 spiro atoms.